The van der Waals surface area contributed by atoms with Gasteiger partial charge >= 0.3 is 0 Å². The lowest BCUT2D eigenvalue weighted by Gasteiger charge is -2.29. The van der Waals surface area contributed by atoms with Crippen LogP contribution in [-0.2, 0) is 10.3 Å². The number of para-hydroxylation sites is 1. The zero-order valence-corrected chi connectivity index (χ0v) is 13.3. The quantitative estimate of drug-likeness (QED) is 0.821. The van der Waals surface area contributed by atoms with Crippen LogP contribution >= 0.6 is 0 Å². The minimum Gasteiger partial charge on any atom is -0.496 e. The number of carbonyl (C=O) groups excluding carboxylic acids is 1. The lowest BCUT2D eigenvalue weighted by molar-refractivity contribution is -0.123. The van der Waals surface area contributed by atoms with Crippen LogP contribution in [0.25, 0.3) is 0 Å². The first-order chi connectivity index (χ1) is 9.40. The minimum atomic E-state index is -0.435. The van der Waals surface area contributed by atoms with Crippen molar-refractivity contribution in [2.45, 2.75) is 52.5 Å². The number of benzene rings is 1. The maximum atomic E-state index is 12.2. The molecule has 0 aliphatic heterocycles. The van der Waals surface area contributed by atoms with Crippen molar-refractivity contribution in [2.75, 3.05) is 7.11 Å². The van der Waals surface area contributed by atoms with Gasteiger partial charge < -0.3 is 10.1 Å². The Hall–Kier alpha value is -1.51. The highest BCUT2D eigenvalue weighted by Crippen LogP contribution is 2.29. The molecule has 0 bridgehead atoms. The Morgan fingerprint density at radius 3 is 2.60 bits per heavy atom. The average Bonchev–Trinajstić information content (AvgIpc) is 2.38. The van der Waals surface area contributed by atoms with Gasteiger partial charge in [0.1, 0.15) is 5.75 Å². The van der Waals surface area contributed by atoms with Gasteiger partial charge in [0, 0.05) is 12.0 Å². The molecule has 0 saturated carbocycles. The highest BCUT2D eigenvalue weighted by molar-refractivity contribution is 5.77. The second-order valence-corrected chi connectivity index (χ2v) is 5.97. The molecule has 0 saturated heterocycles. The number of amides is 1. The highest BCUT2D eigenvalue weighted by Gasteiger charge is 2.26. The number of rotatable bonds is 7. The van der Waals surface area contributed by atoms with Gasteiger partial charge in [0.25, 0.3) is 0 Å². The second kappa shape index (κ2) is 7.32. The third-order valence-electron chi connectivity index (χ3n) is 3.55. The SMILES string of the molecule is CCCC(C)CC(=O)NC(C)(C)c1ccccc1OC. The molecule has 0 aromatic heterocycles. The summed E-state index contributed by atoms with van der Waals surface area (Å²) in [5.41, 5.74) is 0.564. The molecule has 0 fully saturated rings. The van der Waals surface area contributed by atoms with Gasteiger partial charge in [-0.1, -0.05) is 44.9 Å². The number of methoxy groups -OCH3 is 1. The van der Waals surface area contributed by atoms with Crippen molar-refractivity contribution in [1.29, 1.82) is 0 Å². The van der Waals surface area contributed by atoms with Gasteiger partial charge in [0.2, 0.25) is 5.91 Å². The van der Waals surface area contributed by atoms with E-state index in [0.717, 1.165) is 24.2 Å². The monoisotopic (exact) mass is 277 g/mol. The topological polar surface area (TPSA) is 38.3 Å². The van der Waals surface area contributed by atoms with Gasteiger partial charge in [-0.2, -0.15) is 0 Å². The summed E-state index contributed by atoms with van der Waals surface area (Å²) in [6.45, 7) is 8.28. The van der Waals surface area contributed by atoms with E-state index in [9.17, 15) is 4.79 Å². The maximum Gasteiger partial charge on any atom is 0.220 e. The molecule has 0 radical (unpaired) electrons. The predicted octanol–water partition coefficient (Wildman–Crippen LogP) is 3.87. The Labute approximate surface area is 122 Å². The fourth-order valence-corrected chi connectivity index (χ4v) is 2.54. The first-order valence-electron chi connectivity index (χ1n) is 7.35. The minimum absolute atomic E-state index is 0.0989. The van der Waals surface area contributed by atoms with Crippen LogP contribution in [0.1, 0.15) is 52.5 Å². The van der Waals surface area contributed by atoms with Crippen LogP contribution in [0.3, 0.4) is 0 Å². The molecule has 1 atom stereocenters. The highest BCUT2D eigenvalue weighted by atomic mass is 16.5. The summed E-state index contributed by atoms with van der Waals surface area (Å²) in [4.78, 5) is 12.2. The number of carbonyl (C=O) groups is 1. The van der Waals surface area contributed by atoms with Crippen LogP contribution < -0.4 is 10.1 Å². The van der Waals surface area contributed by atoms with Crippen LogP contribution in [0.15, 0.2) is 24.3 Å². The van der Waals surface area contributed by atoms with Gasteiger partial charge in [-0.3, -0.25) is 4.79 Å². The normalized spacial score (nSPS) is 12.8. The molecule has 0 aliphatic rings. The van der Waals surface area contributed by atoms with E-state index in [1.165, 1.54) is 0 Å². The van der Waals surface area contributed by atoms with Gasteiger partial charge in [-0.15, -0.1) is 0 Å². The largest absolute Gasteiger partial charge is 0.496 e. The summed E-state index contributed by atoms with van der Waals surface area (Å²) >= 11 is 0. The van der Waals surface area contributed by atoms with E-state index in [-0.39, 0.29) is 5.91 Å². The molecule has 1 N–H and O–H groups in total. The van der Waals surface area contributed by atoms with Gasteiger partial charge in [0.15, 0.2) is 0 Å². The molecule has 20 heavy (non-hydrogen) atoms. The molecular formula is C17H27NO2. The second-order valence-electron chi connectivity index (χ2n) is 5.97. The Kier molecular flexibility index (Phi) is 6.05. The molecule has 0 aliphatic carbocycles. The lowest BCUT2D eigenvalue weighted by Crippen LogP contribution is -2.41. The van der Waals surface area contributed by atoms with Crippen LogP contribution in [0.2, 0.25) is 0 Å². The third kappa shape index (κ3) is 4.55. The van der Waals surface area contributed by atoms with Gasteiger partial charge in [-0.25, -0.2) is 0 Å². The smallest absolute Gasteiger partial charge is 0.220 e. The maximum absolute atomic E-state index is 12.2. The standard InChI is InChI=1S/C17H27NO2/c1-6-9-13(2)12-16(19)18-17(3,4)14-10-7-8-11-15(14)20-5/h7-8,10-11,13H,6,9,12H2,1-5H3,(H,18,19). The van der Waals surface area contributed by atoms with Crippen LogP contribution in [0, 0.1) is 5.92 Å². The van der Waals surface area contributed by atoms with Crippen LogP contribution in [0.4, 0.5) is 0 Å². The molecular weight excluding hydrogens is 250 g/mol. The zero-order valence-electron chi connectivity index (χ0n) is 13.3. The van der Waals surface area contributed by atoms with Crippen molar-refractivity contribution >= 4 is 5.91 Å². The molecule has 1 amide bonds. The summed E-state index contributed by atoms with van der Waals surface area (Å²) in [6, 6.07) is 7.81. The first-order valence-corrected chi connectivity index (χ1v) is 7.35. The Morgan fingerprint density at radius 2 is 2.00 bits per heavy atom. The van der Waals surface area contributed by atoms with E-state index in [0.29, 0.717) is 12.3 Å². The van der Waals surface area contributed by atoms with E-state index in [4.69, 9.17) is 4.74 Å². The van der Waals surface area contributed by atoms with Gasteiger partial charge in [0.05, 0.1) is 12.6 Å². The molecule has 0 heterocycles. The summed E-state index contributed by atoms with van der Waals surface area (Å²) < 4.78 is 5.38. The van der Waals surface area contributed by atoms with E-state index < -0.39 is 5.54 Å². The predicted molar refractivity (Wildman–Crippen MR) is 82.9 cm³/mol. The Morgan fingerprint density at radius 1 is 1.35 bits per heavy atom. The molecule has 1 aromatic carbocycles. The van der Waals surface area contributed by atoms with E-state index in [1.54, 1.807) is 7.11 Å². The van der Waals surface area contributed by atoms with E-state index in [1.807, 2.05) is 38.1 Å². The molecule has 112 valence electrons. The Bertz CT molecular complexity index is 440. The number of nitrogens with one attached hydrogen (secondary N) is 1. The molecule has 1 aromatic rings. The number of ether oxygens (including phenoxy) is 1. The fraction of sp³-hybridized carbons (Fsp3) is 0.588. The first kappa shape index (κ1) is 16.5. The zero-order chi connectivity index (χ0) is 15.2. The molecule has 0 spiro atoms. The number of hydrogen-bond acceptors (Lipinski definition) is 2. The third-order valence-corrected chi connectivity index (χ3v) is 3.55. The van der Waals surface area contributed by atoms with Crippen molar-refractivity contribution in [1.82, 2.24) is 5.32 Å². The molecule has 1 unspecified atom stereocenters. The average molecular weight is 277 g/mol. The Balaban J connectivity index is 2.76. The fourth-order valence-electron chi connectivity index (χ4n) is 2.54. The molecule has 3 nitrogen and oxygen atoms in total. The summed E-state index contributed by atoms with van der Waals surface area (Å²) in [7, 11) is 1.65. The summed E-state index contributed by atoms with van der Waals surface area (Å²) in [6.07, 6.45) is 2.78. The lowest BCUT2D eigenvalue weighted by atomic mass is 9.92. The summed E-state index contributed by atoms with van der Waals surface area (Å²) in [5.74, 6) is 1.33. The van der Waals surface area contributed by atoms with Crippen molar-refractivity contribution in [2.24, 2.45) is 5.92 Å². The molecule has 3 heteroatoms. The van der Waals surface area contributed by atoms with Crippen molar-refractivity contribution in [3.05, 3.63) is 29.8 Å². The number of hydrogen-bond donors (Lipinski definition) is 1. The van der Waals surface area contributed by atoms with Gasteiger partial charge in [-0.05, 0) is 25.8 Å². The van der Waals surface area contributed by atoms with Crippen LogP contribution in [0.5, 0.6) is 5.75 Å². The van der Waals surface area contributed by atoms with E-state index in [2.05, 4.69) is 19.2 Å². The van der Waals surface area contributed by atoms with Crippen molar-refractivity contribution in [3.63, 3.8) is 0 Å². The van der Waals surface area contributed by atoms with Crippen molar-refractivity contribution in [3.8, 4) is 5.75 Å². The van der Waals surface area contributed by atoms with E-state index >= 15 is 0 Å². The summed E-state index contributed by atoms with van der Waals surface area (Å²) in [5, 5.41) is 3.12. The molecule has 1 rings (SSSR count). The van der Waals surface area contributed by atoms with Crippen molar-refractivity contribution < 1.29 is 9.53 Å². The van der Waals surface area contributed by atoms with Crippen LogP contribution in [-0.4, -0.2) is 13.0 Å².